The number of aromatic nitrogens is 1. The van der Waals surface area contributed by atoms with Crippen LogP contribution in [0.1, 0.15) is 48.1 Å². The number of aromatic amines is 1. The summed E-state index contributed by atoms with van der Waals surface area (Å²) in [5, 5.41) is 4.44. The van der Waals surface area contributed by atoms with Crippen LogP contribution in [-0.4, -0.2) is 53.0 Å². The van der Waals surface area contributed by atoms with Crippen molar-refractivity contribution in [3.63, 3.8) is 0 Å². The van der Waals surface area contributed by atoms with Gasteiger partial charge in [0.15, 0.2) is 0 Å². The fourth-order valence-electron chi connectivity index (χ4n) is 4.75. The Morgan fingerprint density at radius 1 is 1.15 bits per heavy atom. The van der Waals surface area contributed by atoms with Crippen LogP contribution in [0.4, 0.5) is 4.79 Å². The second-order valence-electron chi connectivity index (χ2n) is 8.37. The van der Waals surface area contributed by atoms with E-state index in [2.05, 4.69) is 48.1 Å². The van der Waals surface area contributed by atoms with Crippen molar-refractivity contribution < 1.29 is 4.79 Å². The van der Waals surface area contributed by atoms with Crippen LogP contribution in [0.5, 0.6) is 0 Å². The molecule has 1 aromatic carbocycles. The summed E-state index contributed by atoms with van der Waals surface area (Å²) in [6.07, 6.45) is 4.95. The Labute approximate surface area is 162 Å². The summed E-state index contributed by atoms with van der Waals surface area (Å²) >= 11 is 0. The molecule has 1 atom stereocenters. The summed E-state index contributed by atoms with van der Waals surface area (Å²) in [5.74, 6) is 0. The second kappa shape index (κ2) is 7.55. The van der Waals surface area contributed by atoms with E-state index < -0.39 is 0 Å². The monoisotopic (exact) mass is 368 g/mol. The Hall–Kier alpha value is -2.01. The number of rotatable bonds is 3. The molecule has 5 heteroatoms. The highest BCUT2D eigenvalue weighted by Crippen LogP contribution is 2.26. The predicted molar refractivity (Wildman–Crippen MR) is 110 cm³/mol. The third-order valence-corrected chi connectivity index (χ3v) is 6.41. The van der Waals surface area contributed by atoms with Gasteiger partial charge in [-0.3, -0.25) is 4.90 Å². The lowest BCUT2D eigenvalue weighted by Crippen LogP contribution is -2.51. The number of carbonyl (C=O) groups is 1. The number of hydrogen-bond donors (Lipinski definition) is 2. The Kier molecular flexibility index (Phi) is 5.13. The first-order valence-electron chi connectivity index (χ1n) is 10.4. The smallest absolute Gasteiger partial charge is 0.317 e. The van der Waals surface area contributed by atoms with Gasteiger partial charge in [-0.25, -0.2) is 4.79 Å². The van der Waals surface area contributed by atoms with Gasteiger partial charge in [0, 0.05) is 36.8 Å². The van der Waals surface area contributed by atoms with Crippen LogP contribution in [0.25, 0.3) is 10.9 Å². The molecule has 0 bridgehead atoms. The molecule has 0 aliphatic carbocycles. The van der Waals surface area contributed by atoms with Gasteiger partial charge in [0.2, 0.25) is 0 Å². The van der Waals surface area contributed by atoms with E-state index in [4.69, 9.17) is 0 Å². The van der Waals surface area contributed by atoms with Crippen molar-refractivity contribution in [3.05, 3.63) is 34.5 Å². The summed E-state index contributed by atoms with van der Waals surface area (Å²) in [5.41, 5.74) is 6.06. The van der Waals surface area contributed by atoms with Gasteiger partial charge in [-0.15, -0.1) is 0 Å². The van der Waals surface area contributed by atoms with E-state index in [0.717, 1.165) is 25.0 Å². The minimum Gasteiger partial charge on any atom is -0.358 e. The van der Waals surface area contributed by atoms with E-state index in [1.807, 2.05) is 4.90 Å². The Bertz CT molecular complexity index is 834. The number of H-pyrrole nitrogens is 1. The van der Waals surface area contributed by atoms with Gasteiger partial charge in [-0.05, 0) is 76.7 Å². The highest BCUT2D eigenvalue weighted by atomic mass is 16.2. The standard InChI is InChI=1S/C22H32N4O/c1-15-11-18(21-20(12-15)16(2)17(3)24-21)13-23-22(27)26-10-6-7-19(14-26)25-8-4-5-9-25/h11-12,19,24H,4-10,13-14H2,1-3H3,(H,23,27)/t19-/m1/s1. The molecule has 2 aliphatic heterocycles. The van der Waals surface area contributed by atoms with Crippen molar-refractivity contribution in [2.24, 2.45) is 0 Å². The maximum atomic E-state index is 12.8. The first kappa shape index (κ1) is 18.4. The fraction of sp³-hybridized carbons (Fsp3) is 0.591. The minimum atomic E-state index is 0.0774. The number of aryl methyl sites for hydroxylation is 3. The Morgan fingerprint density at radius 3 is 2.70 bits per heavy atom. The zero-order chi connectivity index (χ0) is 19.0. The number of hydrogen-bond acceptors (Lipinski definition) is 2. The van der Waals surface area contributed by atoms with Gasteiger partial charge < -0.3 is 15.2 Å². The lowest BCUT2D eigenvalue weighted by molar-refractivity contribution is 0.125. The highest BCUT2D eigenvalue weighted by molar-refractivity contribution is 5.88. The molecule has 0 saturated carbocycles. The van der Waals surface area contributed by atoms with Crippen molar-refractivity contribution in [1.29, 1.82) is 0 Å². The zero-order valence-corrected chi connectivity index (χ0v) is 16.9. The van der Waals surface area contributed by atoms with Crippen molar-refractivity contribution in [3.8, 4) is 0 Å². The summed E-state index contributed by atoms with van der Waals surface area (Å²) in [7, 11) is 0. The maximum absolute atomic E-state index is 12.8. The third kappa shape index (κ3) is 3.70. The van der Waals surface area contributed by atoms with E-state index in [0.29, 0.717) is 12.6 Å². The van der Waals surface area contributed by atoms with Gasteiger partial charge in [-0.1, -0.05) is 11.6 Å². The first-order chi connectivity index (χ1) is 13.0. The SMILES string of the molecule is Cc1cc(CNC(=O)N2CCC[C@@H](N3CCCC3)C2)c2[nH]c(C)c(C)c2c1. The average Bonchev–Trinajstić information content (AvgIpc) is 3.30. The number of fused-ring (bicyclic) bond motifs is 1. The number of likely N-dealkylation sites (tertiary alicyclic amines) is 2. The molecular weight excluding hydrogens is 336 g/mol. The van der Waals surface area contributed by atoms with Crippen LogP contribution >= 0.6 is 0 Å². The lowest BCUT2D eigenvalue weighted by atomic mass is 10.0. The van der Waals surface area contributed by atoms with Crippen LogP contribution in [-0.2, 0) is 6.54 Å². The molecule has 27 heavy (non-hydrogen) atoms. The average molecular weight is 369 g/mol. The van der Waals surface area contributed by atoms with E-state index in [1.165, 1.54) is 60.1 Å². The Morgan fingerprint density at radius 2 is 1.93 bits per heavy atom. The number of carbonyl (C=O) groups excluding carboxylic acids is 1. The van der Waals surface area contributed by atoms with Gasteiger partial charge in [0.25, 0.3) is 0 Å². The summed E-state index contributed by atoms with van der Waals surface area (Å²) < 4.78 is 0. The fourth-order valence-corrected chi connectivity index (χ4v) is 4.75. The van der Waals surface area contributed by atoms with Crippen molar-refractivity contribution in [1.82, 2.24) is 20.1 Å². The van der Waals surface area contributed by atoms with Gasteiger partial charge in [0.05, 0.1) is 5.52 Å². The molecular formula is C22H32N4O. The maximum Gasteiger partial charge on any atom is 0.317 e. The van der Waals surface area contributed by atoms with Crippen LogP contribution < -0.4 is 5.32 Å². The molecule has 0 radical (unpaired) electrons. The number of piperidine rings is 1. The second-order valence-corrected chi connectivity index (χ2v) is 8.37. The van der Waals surface area contributed by atoms with E-state index >= 15 is 0 Å². The number of nitrogens with zero attached hydrogens (tertiary/aromatic N) is 2. The van der Waals surface area contributed by atoms with Gasteiger partial charge >= 0.3 is 6.03 Å². The molecule has 4 rings (SSSR count). The topological polar surface area (TPSA) is 51.4 Å². The van der Waals surface area contributed by atoms with Crippen molar-refractivity contribution in [2.45, 2.75) is 59.0 Å². The molecule has 0 unspecified atom stereocenters. The largest absolute Gasteiger partial charge is 0.358 e. The van der Waals surface area contributed by atoms with E-state index in [1.54, 1.807) is 0 Å². The molecule has 2 fully saturated rings. The quantitative estimate of drug-likeness (QED) is 0.864. The first-order valence-corrected chi connectivity index (χ1v) is 10.4. The molecule has 2 saturated heterocycles. The number of benzene rings is 1. The molecule has 0 spiro atoms. The number of amides is 2. The Balaban J connectivity index is 1.43. The van der Waals surface area contributed by atoms with Crippen LogP contribution in [0.3, 0.4) is 0 Å². The summed E-state index contributed by atoms with van der Waals surface area (Å²) in [6.45, 7) is 11.1. The molecule has 5 nitrogen and oxygen atoms in total. The molecule has 2 aromatic rings. The molecule has 2 N–H and O–H groups in total. The predicted octanol–water partition coefficient (Wildman–Crippen LogP) is 3.86. The summed E-state index contributed by atoms with van der Waals surface area (Å²) in [6, 6.07) is 5.03. The van der Waals surface area contributed by atoms with E-state index in [-0.39, 0.29) is 6.03 Å². The lowest BCUT2D eigenvalue weighted by Gasteiger charge is -2.37. The summed E-state index contributed by atoms with van der Waals surface area (Å²) in [4.78, 5) is 20.9. The third-order valence-electron chi connectivity index (χ3n) is 6.41. The molecule has 2 amide bonds. The van der Waals surface area contributed by atoms with Crippen LogP contribution in [0, 0.1) is 20.8 Å². The highest BCUT2D eigenvalue weighted by Gasteiger charge is 2.29. The normalized spacial score (nSPS) is 21.1. The van der Waals surface area contributed by atoms with Crippen LogP contribution in [0.15, 0.2) is 12.1 Å². The minimum absolute atomic E-state index is 0.0774. The van der Waals surface area contributed by atoms with Crippen LogP contribution in [0.2, 0.25) is 0 Å². The molecule has 146 valence electrons. The molecule has 3 heterocycles. The molecule has 1 aromatic heterocycles. The number of nitrogens with one attached hydrogen (secondary N) is 2. The van der Waals surface area contributed by atoms with Gasteiger partial charge in [0.1, 0.15) is 0 Å². The van der Waals surface area contributed by atoms with Crippen molar-refractivity contribution >= 4 is 16.9 Å². The van der Waals surface area contributed by atoms with E-state index in [9.17, 15) is 4.79 Å². The molecule has 2 aliphatic rings. The van der Waals surface area contributed by atoms with Gasteiger partial charge in [-0.2, -0.15) is 0 Å². The zero-order valence-electron chi connectivity index (χ0n) is 16.9. The van der Waals surface area contributed by atoms with Crippen molar-refractivity contribution in [2.75, 3.05) is 26.2 Å². The number of urea groups is 1.